The summed E-state index contributed by atoms with van der Waals surface area (Å²) < 4.78 is 0. The highest BCUT2D eigenvalue weighted by Gasteiger charge is 2.30. The van der Waals surface area contributed by atoms with Crippen LogP contribution in [0.3, 0.4) is 0 Å². The monoisotopic (exact) mass is 240 g/mol. The van der Waals surface area contributed by atoms with E-state index >= 15 is 0 Å². The van der Waals surface area contributed by atoms with Crippen molar-refractivity contribution in [1.29, 1.82) is 0 Å². The van der Waals surface area contributed by atoms with Crippen molar-refractivity contribution >= 4 is 0 Å². The molecule has 3 atom stereocenters. The van der Waals surface area contributed by atoms with Crippen molar-refractivity contribution in [3.05, 3.63) is 0 Å². The molecule has 3 unspecified atom stereocenters. The Kier molecular flexibility index (Phi) is 6.50. The van der Waals surface area contributed by atoms with E-state index in [1.807, 2.05) is 0 Å². The quantitative estimate of drug-likeness (QED) is 0.773. The van der Waals surface area contributed by atoms with Crippen LogP contribution in [0, 0.1) is 17.8 Å². The van der Waals surface area contributed by atoms with Gasteiger partial charge in [0.15, 0.2) is 0 Å². The Morgan fingerprint density at radius 2 is 2.00 bits per heavy atom. The van der Waals surface area contributed by atoms with Crippen LogP contribution in [0.5, 0.6) is 0 Å². The first-order chi connectivity index (χ1) is 8.04. The van der Waals surface area contributed by atoms with E-state index in [0.29, 0.717) is 6.04 Å². The Balaban J connectivity index is 2.38. The van der Waals surface area contributed by atoms with Crippen molar-refractivity contribution in [1.82, 2.24) is 4.90 Å². The van der Waals surface area contributed by atoms with Crippen molar-refractivity contribution < 1.29 is 0 Å². The van der Waals surface area contributed by atoms with E-state index in [-0.39, 0.29) is 0 Å². The second-order valence-corrected chi connectivity index (χ2v) is 6.36. The highest BCUT2D eigenvalue weighted by Crippen LogP contribution is 2.33. The smallest absolute Gasteiger partial charge is 0.00795 e. The maximum Gasteiger partial charge on any atom is 0.00795 e. The zero-order chi connectivity index (χ0) is 12.8. The first-order valence-electron chi connectivity index (χ1n) is 7.48. The third-order valence-electron chi connectivity index (χ3n) is 4.46. The second kappa shape index (κ2) is 7.38. The normalized spacial score (nSPS) is 30.2. The standard InChI is InChI=1S/C15H32N2/c1-5-6-9-17(4)11-14-10-13(12(2)3)7-8-15(14)16/h12-15H,5-11,16H2,1-4H3. The maximum atomic E-state index is 6.29. The minimum Gasteiger partial charge on any atom is -0.327 e. The molecule has 0 radical (unpaired) electrons. The molecule has 0 aromatic heterocycles. The molecular formula is C15H32N2. The van der Waals surface area contributed by atoms with Crippen molar-refractivity contribution in [2.24, 2.45) is 23.5 Å². The minimum atomic E-state index is 0.439. The fraction of sp³-hybridized carbons (Fsp3) is 1.00. The first kappa shape index (κ1) is 15.0. The largest absolute Gasteiger partial charge is 0.327 e. The van der Waals surface area contributed by atoms with Crippen LogP contribution < -0.4 is 5.73 Å². The van der Waals surface area contributed by atoms with Crippen LogP contribution in [0.2, 0.25) is 0 Å². The molecule has 1 aliphatic carbocycles. The Morgan fingerprint density at radius 1 is 1.29 bits per heavy atom. The molecule has 0 amide bonds. The van der Waals surface area contributed by atoms with Gasteiger partial charge in [0.05, 0.1) is 0 Å². The maximum absolute atomic E-state index is 6.29. The molecule has 2 heteroatoms. The summed E-state index contributed by atoms with van der Waals surface area (Å²) in [6.45, 7) is 9.41. The first-order valence-corrected chi connectivity index (χ1v) is 7.48. The van der Waals surface area contributed by atoms with Crippen LogP contribution >= 0.6 is 0 Å². The Morgan fingerprint density at radius 3 is 2.59 bits per heavy atom. The van der Waals surface area contributed by atoms with E-state index in [9.17, 15) is 0 Å². The van der Waals surface area contributed by atoms with Gasteiger partial charge in [-0.25, -0.2) is 0 Å². The summed E-state index contributed by atoms with van der Waals surface area (Å²) in [6, 6.07) is 0.439. The lowest BCUT2D eigenvalue weighted by molar-refractivity contribution is 0.149. The topological polar surface area (TPSA) is 29.3 Å². The molecule has 0 aromatic carbocycles. The molecule has 2 N–H and O–H groups in total. The molecule has 0 saturated heterocycles. The van der Waals surface area contributed by atoms with E-state index < -0.39 is 0 Å². The predicted molar refractivity (Wildman–Crippen MR) is 76.0 cm³/mol. The molecule has 2 nitrogen and oxygen atoms in total. The SMILES string of the molecule is CCCCN(C)CC1CC(C(C)C)CCC1N. The van der Waals surface area contributed by atoms with Gasteiger partial charge in [-0.05, 0) is 57.0 Å². The van der Waals surface area contributed by atoms with Crippen LogP contribution in [-0.2, 0) is 0 Å². The zero-order valence-electron chi connectivity index (χ0n) is 12.3. The van der Waals surface area contributed by atoms with Gasteiger partial charge in [0.2, 0.25) is 0 Å². The molecule has 1 aliphatic rings. The van der Waals surface area contributed by atoms with Crippen molar-refractivity contribution in [2.45, 2.75) is 58.9 Å². The van der Waals surface area contributed by atoms with Gasteiger partial charge in [-0.2, -0.15) is 0 Å². The summed E-state index contributed by atoms with van der Waals surface area (Å²) in [6.07, 6.45) is 6.51. The molecule has 0 spiro atoms. The zero-order valence-corrected chi connectivity index (χ0v) is 12.3. The number of rotatable bonds is 6. The molecule has 17 heavy (non-hydrogen) atoms. The van der Waals surface area contributed by atoms with Crippen LogP contribution in [0.25, 0.3) is 0 Å². The van der Waals surface area contributed by atoms with Gasteiger partial charge in [-0.1, -0.05) is 27.2 Å². The molecule has 102 valence electrons. The van der Waals surface area contributed by atoms with E-state index in [1.165, 1.54) is 45.2 Å². The molecule has 1 saturated carbocycles. The van der Waals surface area contributed by atoms with Crippen LogP contribution in [0.4, 0.5) is 0 Å². The lowest BCUT2D eigenvalue weighted by atomic mass is 9.74. The van der Waals surface area contributed by atoms with Gasteiger partial charge in [0, 0.05) is 12.6 Å². The van der Waals surface area contributed by atoms with Gasteiger partial charge in [0.1, 0.15) is 0 Å². The van der Waals surface area contributed by atoms with Crippen LogP contribution in [-0.4, -0.2) is 31.1 Å². The molecule has 0 bridgehead atoms. The summed E-state index contributed by atoms with van der Waals surface area (Å²) in [4.78, 5) is 2.48. The van der Waals surface area contributed by atoms with Crippen molar-refractivity contribution in [2.75, 3.05) is 20.1 Å². The van der Waals surface area contributed by atoms with Gasteiger partial charge in [-0.15, -0.1) is 0 Å². The summed E-state index contributed by atoms with van der Waals surface area (Å²) in [5.74, 6) is 2.45. The number of hydrogen-bond donors (Lipinski definition) is 1. The second-order valence-electron chi connectivity index (χ2n) is 6.36. The van der Waals surface area contributed by atoms with Crippen molar-refractivity contribution in [3.8, 4) is 0 Å². The van der Waals surface area contributed by atoms with E-state index in [0.717, 1.165) is 17.8 Å². The molecule has 1 fully saturated rings. The number of nitrogens with zero attached hydrogens (tertiary/aromatic N) is 1. The summed E-state index contributed by atoms with van der Waals surface area (Å²) >= 11 is 0. The third kappa shape index (κ3) is 4.97. The molecule has 0 heterocycles. The van der Waals surface area contributed by atoms with Gasteiger partial charge >= 0.3 is 0 Å². The summed E-state index contributed by atoms with van der Waals surface area (Å²) in [5.41, 5.74) is 6.29. The Labute approximate surface area is 108 Å². The van der Waals surface area contributed by atoms with Gasteiger partial charge < -0.3 is 10.6 Å². The minimum absolute atomic E-state index is 0.439. The van der Waals surface area contributed by atoms with Crippen LogP contribution in [0.15, 0.2) is 0 Å². The number of nitrogens with two attached hydrogens (primary N) is 1. The highest BCUT2D eigenvalue weighted by molar-refractivity contribution is 4.85. The third-order valence-corrected chi connectivity index (χ3v) is 4.46. The average molecular weight is 240 g/mol. The summed E-state index contributed by atoms with van der Waals surface area (Å²) in [7, 11) is 2.25. The van der Waals surface area contributed by atoms with Gasteiger partial charge in [-0.3, -0.25) is 0 Å². The number of hydrogen-bond acceptors (Lipinski definition) is 2. The van der Waals surface area contributed by atoms with Gasteiger partial charge in [0.25, 0.3) is 0 Å². The Hall–Kier alpha value is -0.0800. The number of unbranched alkanes of at least 4 members (excludes halogenated alkanes) is 1. The molecule has 0 aliphatic heterocycles. The van der Waals surface area contributed by atoms with E-state index in [4.69, 9.17) is 5.73 Å². The van der Waals surface area contributed by atoms with Crippen LogP contribution in [0.1, 0.15) is 52.9 Å². The molecular weight excluding hydrogens is 208 g/mol. The predicted octanol–water partition coefficient (Wildman–Crippen LogP) is 3.12. The Bertz CT molecular complexity index is 203. The molecule has 1 rings (SSSR count). The lowest BCUT2D eigenvalue weighted by Crippen LogP contribution is -2.43. The highest BCUT2D eigenvalue weighted by atomic mass is 15.1. The fourth-order valence-corrected chi connectivity index (χ4v) is 3.06. The van der Waals surface area contributed by atoms with Crippen molar-refractivity contribution in [3.63, 3.8) is 0 Å². The molecule has 0 aromatic rings. The average Bonchev–Trinajstić information content (AvgIpc) is 2.29. The summed E-state index contributed by atoms with van der Waals surface area (Å²) in [5, 5.41) is 0. The van der Waals surface area contributed by atoms with E-state index in [2.05, 4.69) is 32.7 Å². The fourth-order valence-electron chi connectivity index (χ4n) is 3.06. The van der Waals surface area contributed by atoms with E-state index in [1.54, 1.807) is 0 Å². The lowest BCUT2D eigenvalue weighted by Gasteiger charge is -2.38.